The van der Waals surface area contributed by atoms with Crippen molar-refractivity contribution < 1.29 is 9.18 Å². The molecule has 0 heterocycles. The first-order chi connectivity index (χ1) is 7.13. The monoisotopic (exact) mass is 209 g/mol. The van der Waals surface area contributed by atoms with Crippen LogP contribution in [0.2, 0.25) is 0 Å². The fourth-order valence-corrected chi connectivity index (χ4v) is 1.14. The highest BCUT2D eigenvalue weighted by Gasteiger charge is 2.02. The highest BCUT2D eigenvalue weighted by molar-refractivity contribution is 6.00. The number of amides is 2. The Morgan fingerprint density at radius 2 is 2.33 bits per heavy atom. The molecule has 0 radical (unpaired) electrons. The molecule has 0 aliphatic carbocycles. The predicted octanol–water partition coefficient (Wildman–Crippen LogP) is 1.61. The lowest BCUT2D eigenvalue weighted by molar-refractivity contribution is 0.249. The van der Waals surface area contributed by atoms with E-state index in [2.05, 4.69) is 10.5 Å². The summed E-state index contributed by atoms with van der Waals surface area (Å²) >= 11 is 0. The van der Waals surface area contributed by atoms with Gasteiger partial charge in [0.1, 0.15) is 5.82 Å². The van der Waals surface area contributed by atoms with E-state index in [1.165, 1.54) is 12.1 Å². The quantitative estimate of drug-likeness (QED) is 0.576. The van der Waals surface area contributed by atoms with Gasteiger partial charge in [-0.2, -0.15) is 5.10 Å². The van der Waals surface area contributed by atoms with Gasteiger partial charge in [-0.1, -0.05) is 19.1 Å². The Morgan fingerprint density at radius 1 is 1.60 bits per heavy atom. The second kappa shape index (κ2) is 5.09. The van der Waals surface area contributed by atoms with Crippen LogP contribution in [0.5, 0.6) is 0 Å². The van der Waals surface area contributed by atoms with Gasteiger partial charge in [-0.05, 0) is 18.6 Å². The van der Waals surface area contributed by atoms with Crippen LogP contribution in [0.1, 0.15) is 18.9 Å². The Morgan fingerprint density at radius 3 is 2.87 bits per heavy atom. The maximum absolute atomic E-state index is 12.9. The highest BCUT2D eigenvalue weighted by atomic mass is 19.1. The third kappa shape index (κ3) is 3.38. The molecule has 15 heavy (non-hydrogen) atoms. The van der Waals surface area contributed by atoms with Gasteiger partial charge in [0, 0.05) is 5.56 Å². The molecular formula is C10H12FN3O. The van der Waals surface area contributed by atoms with Crippen LogP contribution in [0.15, 0.2) is 29.4 Å². The van der Waals surface area contributed by atoms with Gasteiger partial charge >= 0.3 is 6.03 Å². The number of nitrogens with two attached hydrogens (primary N) is 1. The van der Waals surface area contributed by atoms with E-state index >= 15 is 0 Å². The lowest BCUT2D eigenvalue weighted by Crippen LogP contribution is -2.25. The van der Waals surface area contributed by atoms with Crippen LogP contribution in [-0.2, 0) is 0 Å². The summed E-state index contributed by atoms with van der Waals surface area (Å²) < 4.78 is 12.9. The first-order valence-corrected chi connectivity index (χ1v) is 4.51. The van der Waals surface area contributed by atoms with Crippen LogP contribution in [0.25, 0.3) is 0 Å². The van der Waals surface area contributed by atoms with Gasteiger partial charge in [0.2, 0.25) is 0 Å². The number of halogens is 1. The number of rotatable bonds is 3. The summed E-state index contributed by atoms with van der Waals surface area (Å²) in [4.78, 5) is 10.4. The van der Waals surface area contributed by atoms with E-state index in [0.717, 1.165) is 0 Å². The van der Waals surface area contributed by atoms with Gasteiger partial charge in [0.05, 0.1) is 5.71 Å². The number of nitrogens with zero attached hydrogens (tertiary/aromatic N) is 1. The smallest absolute Gasteiger partial charge is 0.332 e. The van der Waals surface area contributed by atoms with Crippen molar-refractivity contribution in [2.24, 2.45) is 10.8 Å². The maximum atomic E-state index is 12.9. The van der Waals surface area contributed by atoms with Crippen molar-refractivity contribution in [2.75, 3.05) is 0 Å². The number of urea groups is 1. The molecule has 1 rings (SSSR count). The van der Waals surface area contributed by atoms with Crippen LogP contribution in [-0.4, -0.2) is 11.7 Å². The summed E-state index contributed by atoms with van der Waals surface area (Å²) in [6.45, 7) is 1.85. The van der Waals surface area contributed by atoms with Gasteiger partial charge in [-0.25, -0.2) is 14.6 Å². The Labute approximate surface area is 87.0 Å². The molecule has 0 spiro atoms. The Hall–Kier alpha value is -1.91. The minimum absolute atomic E-state index is 0.340. The zero-order chi connectivity index (χ0) is 11.3. The van der Waals surface area contributed by atoms with E-state index in [4.69, 9.17) is 5.73 Å². The molecule has 0 saturated carbocycles. The van der Waals surface area contributed by atoms with Gasteiger partial charge in [-0.15, -0.1) is 0 Å². The normalized spacial score (nSPS) is 11.2. The summed E-state index contributed by atoms with van der Waals surface area (Å²) in [6, 6.07) is 5.26. The molecule has 2 amide bonds. The number of hydrazone groups is 1. The number of nitrogens with one attached hydrogen (secondary N) is 1. The van der Waals surface area contributed by atoms with Crippen LogP contribution in [0.3, 0.4) is 0 Å². The van der Waals surface area contributed by atoms with Crippen molar-refractivity contribution in [1.29, 1.82) is 0 Å². The largest absolute Gasteiger partial charge is 0.350 e. The fourth-order valence-electron chi connectivity index (χ4n) is 1.14. The number of benzene rings is 1. The Balaban J connectivity index is 2.92. The molecule has 0 unspecified atom stereocenters. The standard InChI is InChI=1S/C10H12FN3O/c1-2-9(13-14-10(12)15)7-4-3-5-8(11)6-7/h3-6H,2H2,1H3,(H3,12,14,15)/b13-9-. The van der Waals surface area contributed by atoms with Crippen LogP contribution in [0, 0.1) is 5.82 Å². The topological polar surface area (TPSA) is 67.5 Å². The minimum Gasteiger partial charge on any atom is -0.350 e. The van der Waals surface area contributed by atoms with Crippen LogP contribution >= 0.6 is 0 Å². The average Bonchev–Trinajstić information content (AvgIpc) is 2.18. The summed E-state index contributed by atoms with van der Waals surface area (Å²) in [6.07, 6.45) is 0.573. The van der Waals surface area contributed by atoms with Crippen molar-refractivity contribution in [3.8, 4) is 0 Å². The molecule has 4 nitrogen and oxygen atoms in total. The van der Waals surface area contributed by atoms with Gasteiger partial charge < -0.3 is 5.73 Å². The molecule has 0 aliphatic rings. The molecule has 3 N–H and O–H groups in total. The number of carbonyl (C=O) groups excluding carboxylic acids is 1. The molecule has 0 fully saturated rings. The lowest BCUT2D eigenvalue weighted by atomic mass is 10.1. The summed E-state index contributed by atoms with van der Waals surface area (Å²) in [7, 11) is 0. The third-order valence-electron chi connectivity index (χ3n) is 1.79. The third-order valence-corrected chi connectivity index (χ3v) is 1.79. The van der Waals surface area contributed by atoms with Crippen LogP contribution in [0.4, 0.5) is 9.18 Å². The number of hydrogen-bond acceptors (Lipinski definition) is 2. The lowest BCUT2D eigenvalue weighted by Gasteiger charge is -2.03. The molecule has 0 saturated heterocycles. The Bertz CT molecular complexity index is 390. The zero-order valence-corrected chi connectivity index (χ0v) is 8.33. The number of primary amides is 1. The number of carbonyl (C=O) groups is 1. The fraction of sp³-hybridized carbons (Fsp3) is 0.200. The van der Waals surface area contributed by atoms with E-state index in [1.807, 2.05) is 6.92 Å². The second-order valence-corrected chi connectivity index (χ2v) is 2.90. The SMILES string of the molecule is CC/C(=N/NC(N)=O)c1cccc(F)c1. The average molecular weight is 209 g/mol. The molecule has 80 valence electrons. The molecular weight excluding hydrogens is 197 g/mol. The minimum atomic E-state index is -0.739. The van der Waals surface area contributed by atoms with E-state index in [9.17, 15) is 9.18 Å². The van der Waals surface area contributed by atoms with E-state index in [-0.39, 0.29) is 5.82 Å². The van der Waals surface area contributed by atoms with Gasteiger partial charge in [0.25, 0.3) is 0 Å². The van der Waals surface area contributed by atoms with Crippen molar-refractivity contribution in [3.05, 3.63) is 35.6 Å². The molecule has 5 heteroatoms. The molecule has 0 atom stereocenters. The van der Waals surface area contributed by atoms with Crippen molar-refractivity contribution >= 4 is 11.7 Å². The first kappa shape index (κ1) is 11.2. The molecule has 0 aromatic heterocycles. The van der Waals surface area contributed by atoms with Crippen molar-refractivity contribution in [2.45, 2.75) is 13.3 Å². The summed E-state index contributed by atoms with van der Waals surface area (Å²) in [5.41, 5.74) is 8.20. The Kier molecular flexibility index (Phi) is 3.79. The van der Waals surface area contributed by atoms with E-state index in [1.54, 1.807) is 12.1 Å². The second-order valence-electron chi connectivity index (χ2n) is 2.90. The predicted molar refractivity (Wildman–Crippen MR) is 55.9 cm³/mol. The number of hydrogen-bond donors (Lipinski definition) is 2. The van der Waals surface area contributed by atoms with E-state index in [0.29, 0.717) is 17.7 Å². The molecule has 1 aromatic carbocycles. The van der Waals surface area contributed by atoms with Crippen molar-refractivity contribution in [3.63, 3.8) is 0 Å². The summed E-state index contributed by atoms with van der Waals surface area (Å²) in [5.74, 6) is -0.340. The summed E-state index contributed by atoms with van der Waals surface area (Å²) in [5, 5.41) is 3.78. The molecule has 0 aliphatic heterocycles. The zero-order valence-electron chi connectivity index (χ0n) is 8.33. The van der Waals surface area contributed by atoms with Gasteiger partial charge in [0.15, 0.2) is 0 Å². The highest BCUT2D eigenvalue weighted by Crippen LogP contribution is 2.06. The van der Waals surface area contributed by atoms with Gasteiger partial charge in [-0.3, -0.25) is 0 Å². The molecule has 0 bridgehead atoms. The molecule has 1 aromatic rings. The first-order valence-electron chi connectivity index (χ1n) is 4.51. The maximum Gasteiger partial charge on any atom is 0.332 e. The van der Waals surface area contributed by atoms with E-state index < -0.39 is 6.03 Å². The van der Waals surface area contributed by atoms with Crippen LogP contribution < -0.4 is 11.2 Å². The van der Waals surface area contributed by atoms with Crippen molar-refractivity contribution in [1.82, 2.24) is 5.43 Å².